The minimum absolute atomic E-state index is 0.0943. The van der Waals surface area contributed by atoms with Gasteiger partial charge in [0.15, 0.2) is 6.61 Å². The fourth-order valence-electron chi connectivity index (χ4n) is 3.69. The summed E-state index contributed by atoms with van der Waals surface area (Å²) in [5.41, 5.74) is 6.95. The minimum Gasteiger partial charge on any atom is -0.482 e. The monoisotopic (exact) mass is 501 g/mol. The molecule has 2 amide bonds. The van der Waals surface area contributed by atoms with Gasteiger partial charge in [0.2, 0.25) is 0 Å². The van der Waals surface area contributed by atoms with Crippen LogP contribution in [0.2, 0.25) is 0 Å². The zero-order valence-electron chi connectivity index (χ0n) is 18.6. The van der Waals surface area contributed by atoms with E-state index in [9.17, 15) is 24.0 Å². The normalized spacial score (nSPS) is 11.7. The van der Waals surface area contributed by atoms with Gasteiger partial charge in [-0.25, -0.2) is 4.79 Å². The lowest BCUT2D eigenvalue weighted by molar-refractivity contribution is -0.147. The Labute approximate surface area is 203 Å². The lowest BCUT2D eigenvalue weighted by Crippen LogP contribution is -2.44. The third-order valence-electron chi connectivity index (χ3n) is 5.19. The maximum Gasteiger partial charge on any atom is 0.326 e. The molecule has 11 nitrogen and oxygen atoms in total. The smallest absolute Gasteiger partial charge is 0.326 e. The second-order valence-corrected chi connectivity index (χ2v) is 8.42. The van der Waals surface area contributed by atoms with Crippen molar-refractivity contribution < 1.29 is 38.9 Å². The number of rotatable bonds is 12. The van der Waals surface area contributed by atoms with Crippen molar-refractivity contribution in [1.82, 2.24) is 9.88 Å². The molecule has 12 heteroatoms. The quantitative estimate of drug-likeness (QED) is 0.212. The van der Waals surface area contributed by atoms with E-state index in [2.05, 4.69) is 5.32 Å². The number of hydrogen-bond donors (Lipinski definition) is 4. The van der Waals surface area contributed by atoms with E-state index in [0.29, 0.717) is 28.9 Å². The van der Waals surface area contributed by atoms with Gasteiger partial charge in [0.1, 0.15) is 16.6 Å². The average Bonchev–Trinajstić information content (AvgIpc) is 3.35. The van der Waals surface area contributed by atoms with Crippen molar-refractivity contribution in [2.45, 2.75) is 32.4 Å². The van der Waals surface area contributed by atoms with Gasteiger partial charge in [-0.1, -0.05) is 37.3 Å². The highest BCUT2D eigenvalue weighted by Crippen LogP contribution is 2.40. The number of fused-ring (bicyclic) bond motifs is 1. The van der Waals surface area contributed by atoms with Crippen LogP contribution in [0.5, 0.6) is 5.75 Å². The van der Waals surface area contributed by atoms with Gasteiger partial charge in [-0.15, -0.1) is 11.3 Å². The molecule has 3 rings (SSSR count). The number of primary amides is 1. The SMILES string of the molecule is CCc1c(C(=O)C(N)=O)c2c(OCC(=O)N[C@@H](CC(=O)O)C(=O)O)csc2n1Cc1ccccc1. The summed E-state index contributed by atoms with van der Waals surface area (Å²) in [7, 11) is 0. The summed E-state index contributed by atoms with van der Waals surface area (Å²) in [4.78, 5) is 59.5. The summed E-state index contributed by atoms with van der Waals surface area (Å²) in [6.45, 7) is 1.62. The second-order valence-electron chi connectivity index (χ2n) is 7.57. The predicted octanol–water partition coefficient (Wildman–Crippen LogP) is 1.40. The highest BCUT2D eigenvalue weighted by atomic mass is 32.1. The zero-order valence-corrected chi connectivity index (χ0v) is 19.5. The van der Waals surface area contributed by atoms with Crippen molar-refractivity contribution in [3.8, 4) is 5.75 Å². The maximum atomic E-state index is 12.8. The molecule has 0 spiro atoms. The number of nitrogens with two attached hydrogens (primary N) is 1. The minimum atomic E-state index is -1.63. The van der Waals surface area contributed by atoms with Crippen molar-refractivity contribution >= 4 is 51.1 Å². The summed E-state index contributed by atoms with van der Waals surface area (Å²) in [6.07, 6.45) is -0.388. The van der Waals surface area contributed by atoms with Crippen LogP contribution in [-0.4, -0.2) is 57.0 Å². The first kappa shape index (κ1) is 25.4. The number of hydrogen-bond acceptors (Lipinski definition) is 7. The lowest BCUT2D eigenvalue weighted by Gasteiger charge is -2.12. The van der Waals surface area contributed by atoms with Crippen LogP contribution in [0.3, 0.4) is 0 Å². The molecular formula is C23H23N3O8S. The largest absolute Gasteiger partial charge is 0.482 e. The second kappa shape index (κ2) is 10.8. The number of carbonyl (C=O) groups excluding carboxylic acids is 3. The summed E-state index contributed by atoms with van der Waals surface area (Å²) in [5, 5.41) is 21.9. The van der Waals surface area contributed by atoms with Crippen LogP contribution in [0.4, 0.5) is 0 Å². The van der Waals surface area contributed by atoms with E-state index in [-0.39, 0.29) is 11.3 Å². The number of Topliss-reactive ketones (excluding diaryl/α,β-unsaturated/α-hetero) is 1. The molecule has 0 saturated heterocycles. The first-order valence-corrected chi connectivity index (χ1v) is 11.4. The topological polar surface area (TPSA) is 178 Å². The van der Waals surface area contributed by atoms with Gasteiger partial charge >= 0.3 is 11.9 Å². The molecular weight excluding hydrogens is 478 g/mol. The van der Waals surface area contributed by atoms with E-state index >= 15 is 0 Å². The molecule has 0 fully saturated rings. The Bertz CT molecular complexity index is 1300. The predicted molar refractivity (Wildman–Crippen MR) is 126 cm³/mol. The van der Waals surface area contributed by atoms with Crippen molar-refractivity contribution in [3.63, 3.8) is 0 Å². The molecule has 0 unspecified atom stereocenters. The summed E-state index contributed by atoms with van der Waals surface area (Å²) in [6, 6.07) is 7.86. The Hall–Kier alpha value is -4.19. The molecule has 0 bridgehead atoms. The number of nitrogens with one attached hydrogen (secondary N) is 1. The van der Waals surface area contributed by atoms with Gasteiger partial charge < -0.3 is 30.6 Å². The van der Waals surface area contributed by atoms with Gasteiger partial charge in [0.25, 0.3) is 17.6 Å². The lowest BCUT2D eigenvalue weighted by atomic mass is 10.1. The van der Waals surface area contributed by atoms with Crippen LogP contribution in [-0.2, 0) is 32.1 Å². The molecule has 2 heterocycles. The van der Waals surface area contributed by atoms with Gasteiger partial charge in [-0.2, -0.15) is 0 Å². The molecule has 5 N–H and O–H groups in total. The van der Waals surface area contributed by atoms with E-state index in [1.54, 1.807) is 5.38 Å². The van der Waals surface area contributed by atoms with Gasteiger partial charge in [-0.3, -0.25) is 19.2 Å². The Morgan fingerprint density at radius 2 is 1.83 bits per heavy atom. The number of nitrogens with zero attached hydrogens (tertiary/aromatic N) is 1. The molecule has 184 valence electrons. The standard InChI is InChI=1S/C23H23N3O8S/c1-2-14-18(20(30)21(24)31)19-15(34-10-16(27)25-13(23(32)33)8-17(28)29)11-35-22(19)26(14)9-12-6-4-3-5-7-12/h3-7,11,13H,2,8-10H2,1H3,(H2,24,31)(H,25,27)(H,28,29)(H,32,33)/t13-/m0/s1. The summed E-state index contributed by atoms with van der Waals surface area (Å²) >= 11 is 1.25. The highest BCUT2D eigenvalue weighted by molar-refractivity contribution is 7.17. The summed E-state index contributed by atoms with van der Waals surface area (Å²) < 4.78 is 7.48. The van der Waals surface area contributed by atoms with Gasteiger partial charge in [0, 0.05) is 17.6 Å². The van der Waals surface area contributed by atoms with Crippen LogP contribution < -0.4 is 15.8 Å². The molecule has 0 saturated carbocycles. The number of ketones is 1. The van der Waals surface area contributed by atoms with E-state index in [0.717, 1.165) is 5.56 Å². The van der Waals surface area contributed by atoms with Crippen molar-refractivity contribution in [2.75, 3.05) is 6.61 Å². The molecule has 0 radical (unpaired) electrons. The Morgan fingerprint density at radius 1 is 1.14 bits per heavy atom. The molecule has 35 heavy (non-hydrogen) atoms. The Kier molecular flexibility index (Phi) is 7.87. The number of amides is 2. The van der Waals surface area contributed by atoms with E-state index < -0.39 is 48.6 Å². The van der Waals surface area contributed by atoms with Crippen molar-refractivity contribution in [2.24, 2.45) is 5.73 Å². The van der Waals surface area contributed by atoms with Crippen LogP contribution in [0, 0.1) is 0 Å². The number of carbonyl (C=O) groups is 5. The Morgan fingerprint density at radius 3 is 2.40 bits per heavy atom. The number of thiophene rings is 1. The average molecular weight is 502 g/mol. The number of benzene rings is 1. The van der Waals surface area contributed by atoms with Gasteiger partial charge in [0.05, 0.1) is 17.4 Å². The molecule has 2 aromatic heterocycles. The van der Waals surface area contributed by atoms with Crippen LogP contribution >= 0.6 is 11.3 Å². The zero-order chi connectivity index (χ0) is 25.7. The molecule has 1 atom stereocenters. The van der Waals surface area contributed by atoms with E-state index in [4.69, 9.17) is 20.7 Å². The summed E-state index contributed by atoms with van der Waals surface area (Å²) in [5.74, 6) is -5.63. The first-order chi connectivity index (χ1) is 16.6. The molecule has 0 aliphatic rings. The van der Waals surface area contributed by atoms with Crippen LogP contribution in [0.15, 0.2) is 35.7 Å². The number of ether oxygens (including phenoxy) is 1. The number of carboxylic acids is 2. The third kappa shape index (κ3) is 5.66. The molecule has 1 aromatic carbocycles. The fraction of sp³-hybridized carbons (Fsp3) is 0.261. The van der Waals surface area contributed by atoms with Gasteiger partial charge in [-0.05, 0) is 12.0 Å². The van der Waals surface area contributed by atoms with E-state index in [1.807, 2.05) is 41.8 Å². The van der Waals surface area contributed by atoms with Crippen molar-refractivity contribution in [1.29, 1.82) is 0 Å². The van der Waals surface area contributed by atoms with E-state index in [1.165, 1.54) is 11.3 Å². The molecule has 0 aliphatic carbocycles. The van der Waals surface area contributed by atoms with Crippen molar-refractivity contribution in [3.05, 3.63) is 52.5 Å². The number of aromatic nitrogens is 1. The number of carboxylic acid groups (broad SMARTS) is 2. The molecule has 3 aromatic rings. The molecule has 0 aliphatic heterocycles. The highest BCUT2D eigenvalue weighted by Gasteiger charge is 2.29. The maximum absolute atomic E-state index is 12.8. The van der Waals surface area contributed by atoms with Crippen LogP contribution in [0.25, 0.3) is 10.2 Å². The first-order valence-electron chi connectivity index (χ1n) is 10.5. The van der Waals surface area contributed by atoms with Crippen LogP contribution in [0.1, 0.15) is 35.0 Å². The third-order valence-corrected chi connectivity index (χ3v) is 6.17. The number of aliphatic carboxylic acids is 2. The fourth-order valence-corrected chi connectivity index (χ4v) is 4.72. The Balaban J connectivity index is 1.96.